The van der Waals surface area contributed by atoms with E-state index in [0.29, 0.717) is 6.54 Å². The van der Waals surface area contributed by atoms with Gasteiger partial charge in [-0.3, -0.25) is 19.8 Å². The van der Waals surface area contributed by atoms with E-state index in [2.05, 4.69) is 15.4 Å². The highest BCUT2D eigenvalue weighted by Gasteiger charge is 2.24. The quantitative estimate of drug-likeness (QED) is 0.648. The van der Waals surface area contributed by atoms with Crippen LogP contribution in [0.2, 0.25) is 0 Å². The van der Waals surface area contributed by atoms with Gasteiger partial charge in [-0.15, -0.1) is 0 Å². The molecular formula is C12H21N3O4. The summed E-state index contributed by atoms with van der Waals surface area (Å²) in [6.45, 7) is 2.17. The summed E-state index contributed by atoms with van der Waals surface area (Å²) in [4.78, 5) is 35.8. The van der Waals surface area contributed by atoms with Gasteiger partial charge in [0.2, 0.25) is 5.91 Å². The fraction of sp³-hybridized carbons (Fsp3) is 0.750. The Morgan fingerprint density at radius 1 is 1.37 bits per heavy atom. The Balaban J connectivity index is 2.22. The summed E-state index contributed by atoms with van der Waals surface area (Å²) >= 11 is 0. The van der Waals surface area contributed by atoms with Crippen LogP contribution in [0.15, 0.2) is 0 Å². The number of amides is 3. The number of methoxy groups -OCH3 is 1. The number of rotatable bonds is 6. The summed E-state index contributed by atoms with van der Waals surface area (Å²) in [5, 5.41) is 4.91. The zero-order chi connectivity index (χ0) is 14.4. The first-order valence-corrected chi connectivity index (χ1v) is 6.29. The van der Waals surface area contributed by atoms with Crippen LogP contribution < -0.4 is 10.6 Å². The first-order chi connectivity index (χ1) is 8.92. The Kier molecular flexibility index (Phi) is 5.75. The molecule has 1 atom stereocenters. The predicted octanol–water partition coefficient (Wildman–Crippen LogP) is -0.284. The Bertz CT molecular complexity index is 355. The van der Waals surface area contributed by atoms with Gasteiger partial charge in [-0.1, -0.05) is 6.92 Å². The van der Waals surface area contributed by atoms with Crippen LogP contribution in [-0.2, 0) is 14.3 Å². The third kappa shape index (κ3) is 6.19. The van der Waals surface area contributed by atoms with Gasteiger partial charge < -0.3 is 10.1 Å². The predicted molar refractivity (Wildman–Crippen MR) is 68.4 cm³/mol. The van der Waals surface area contributed by atoms with Gasteiger partial charge in [-0.2, -0.15) is 0 Å². The topological polar surface area (TPSA) is 87.7 Å². The molecule has 7 heteroatoms. The SMILES string of the molecule is COC(=O)C(C)CN(C)CC(=O)NC(=O)NC1CC1. The first-order valence-electron chi connectivity index (χ1n) is 6.29. The van der Waals surface area contributed by atoms with Crippen LogP contribution in [0.3, 0.4) is 0 Å². The Morgan fingerprint density at radius 2 is 2.00 bits per heavy atom. The Hall–Kier alpha value is -1.63. The van der Waals surface area contributed by atoms with Gasteiger partial charge in [0, 0.05) is 12.6 Å². The number of imide groups is 1. The zero-order valence-electron chi connectivity index (χ0n) is 11.6. The van der Waals surface area contributed by atoms with Crippen molar-refractivity contribution in [3.63, 3.8) is 0 Å². The number of nitrogens with zero attached hydrogens (tertiary/aromatic N) is 1. The van der Waals surface area contributed by atoms with Crippen LogP contribution in [0.25, 0.3) is 0 Å². The zero-order valence-corrected chi connectivity index (χ0v) is 11.6. The van der Waals surface area contributed by atoms with Gasteiger partial charge in [-0.05, 0) is 19.9 Å². The molecule has 7 nitrogen and oxygen atoms in total. The summed E-state index contributed by atoms with van der Waals surface area (Å²) in [5.74, 6) is -1.03. The number of carbonyl (C=O) groups is 3. The van der Waals surface area contributed by atoms with E-state index in [0.717, 1.165) is 12.8 Å². The molecule has 0 aromatic rings. The molecule has 3 amide bonds. The Labute approximate surface area is 112 Å². The smallest absolute Gasteiger partial charge is 0.321 e. The van der Waals surface area contributed by atoms with Crippen molar-refractivity contribution in [2.24, 2.45) is 5.92 Å². The molecule has 2 N–H and O–H groups in total. The van der Waals surface area contributed by atoms with Gasteiger partial charge in [0.05, 0.1) is 19.6 Å². The molecule has 1 aliphatic carbocycles. The average molecular weight is 271 g/mol. The van der Waals surface area contributed by atoms with Crippen LogP contribution in [0.5, 0.6) is 0 Å². The second kappa shape index (κ2) is 7.08. The fourth-order valence-corrected chi connectivity index (χ4v) is 1.67. The van der Waals surface area contributed by atoms with Crippen molar-refractivity contribution in [3.05, 3.63) is 0 Å². The van der Waals surface area contributed by atoms with Gasteiger partial charge in [-0.25, -0.2) is 4.79 Å². The van der Waals surface area contributed by atoms with Crippen molar-refractivity contribution in [1.29, 1.82) is 0 Å². The maximum Gasteiger partial charge on any atom is 0.321 e. The molecule has 1 unspecified atom stereocenters. The fourth-order valence-electron chi connectivity index (χ4n) is 1.67. The number of hydrogen-bond acceptors (Lipinski definition) is 5. The molecule has 0 aliphatic heterocycles. The molecule has 1 saturated carbocycles. The van der Waals surface area contributed by atoms with E-state index in [9.17, 15) is 14.4 Å². The molecule has 1 rings (SSSR count). The number of likely N-dealkylation sites (N-methyl/N-ethyl adjacent to an activating group) is 1. The van der Waals surface area contributed by atoms with E-state index in [4.69, 9.17) is 0 Å². The lowest BCUT2D eigenvalue weighted by Crippen LogP contribution is -2.45. The monoisotopic (exact) mass is 271 g/mol. The third-order valence-corrected chi connectivity index (χ3v) is 2.77. The number of hydrogen-bond donors (Lipinski definition) is 2. The van der Waals surface area contributed by atoms with Crippen molar-refractivity contribution in [3.8, 4) is 0 Å². The Morgan fingerprint density at radius 3 is 2.53 bits per heavy atom. The van der Waals surface area contributed by atoms with Gasteiger partial charge >= 0.3 is 12.0 Å². The van der Waals surface area contributed by atoms with E-state index in [1.165, 1.54) is 7.11 Å². The van der Waals surface area contributed by atoms with Crippen molar-refractivity contribution in [2.75, 3.05) is 27.2 Å². The summed E-state index contributed by atoms with van der Waals surface area (Å²) in [7, 11) is 3.03. The third-order valence-electron chi connectivity index (χ3n) is 2.77. The van der Waals surface area contributed by atoms with Gasteiger partial charge in [0.25, 0.3) is 0 Å². The number of urea groups is 1. The lowest BCUT2D eigenvalue weighted by Gasteiger charge is -2.19. The second-order valence-electron chi connectivity index (χ2n) is 4.92. The van der Waals surface area contributed by atoms with E-state index in [1.54, 1.807) is 18.9 Å². The minimum Gasteiger partial charge on any atom is -0.469 e. The molecule has 19 heavy (non-hydrogen) atoms. The molecule has 0 aromatic heterocycles. The van der Waals surface area contributed by atoms with Crippen molar-refractivity contribution in [1.82, 2.24) is 15.5 Å². The van der Waals surface area contributed by atoms with E-state index >= 15 is 0 Å². The maximum atomic E-state index is 11.6. The number of nitrogens with one attached hydrogen (secondary N) is 2. The lowest BCUT2D eigenvalue weighted by atomic mass is 10.2. The summed E-state index contributed by atoms with van der Waals surface area (Å²) < 4.78 is 4.60. The molecule has 0 saturated heterocycles. The first kappa shape index (κ1) is 15.4. The molecule has 1 aliphatic rings. The second-order valence-corrected chi connectivity index (χ2v) is 4.92. The highest BCUT2D eigenvalue weighted by atomic mass is 16.5. The van der Waals surface area contributed by atoms with Crippen LogP contribution in [0.1, 0.15) is 19.8 Å². The molecule has 0 spiro atoms. The van der Waals surface area contributed by atoms with Crippen LogP contribution in [0, 0.1) is 5.92 Å². The normalized spacial score (nSPS) is 15.8. The minimum atomic E-state index is -0.457. The minimum absolute atomic E-state index is 0.0550. The maximum absolute atomic E-state index is 11.6. The molecule has 0 aromatic carbocycles. The number of carbonyl (C=O) groups excluding carboxylic acids is 3. The van der Waals surface area contributed by atoms with Crippen LogP contribution in [-0.4, -0.2) is 56.1 Å². The molecule has 1 fully saturated rings. The molecule has 108 valence electrons. The highest BCUT2D eigenvalue weighted by molar-refractivity contribution is 5.95. The van der Waals surface area contributed by atoms with Crippen molar-refractivity contribution >= 4 is 17.9 Å². The molecule has 0 bridgehead atoms. The van der Waals surface area contributed by atoms with E-state index in [1.807, 2.05) is 0 Å². The van der Waals surface area contributed by atoms with E-state index < -0.39 is 11.9 Å². The molecule has 0 heterocycles. The lowest BCUT2D eigenvalue weighted by molar-refractivity contribution is -0.145. The van der Waals surface area contributed by atoms with Gasteiger partial charge in [0.15, 0.2) is 0 Å². The van der Waals surface area contributed by atoms with Crippen molar-refractivity contribution < 1.29 is 19.1 Å². The van der Waals surface area contributed by atoms with E-state index in [-0.39, 0.29) is 24.5 Å². The number of esters is 1. The van der Waals surface area contributed by atoms with Crippen LogP contribution in [0.4, 0.5) is 4.79 Å². The summed E-state index contributed by atoms with van der Waals surface area (Å²) in [6, 6.07) is -0.244. The van der Waals surface area contributed by atoms with Crippen molar-refractivity contribution in [2.45, 2.75) is 25.8 Å². The van der Waals surface area contributed by atoms with Crippen LogP contribution >= 0.6 is 0 Å². The standard InChI is InChI=1S/C12H21N3O4/c1-8(11(17)19-3)6-15(2)7-10(16)14-12(18)13-9-4-5-9/h8-9H,4-7H2,1-3H3,(H2,13,14,16,18). The largest absolute Gasteiger partial charge is 0.469 e. The number of ether oxygens (including phenoxy) is 1. The summed E-state index contributed by atoms with van der Waals surface area (Å²) in [6.07, 6.45) is 1.94. The van der Waals surface area contributed by atoms with Gasteiger partial charge in [0.1, 0.15) is 0 Å². The molecular weight excluding hydrogens is 250 g/mol. The highest BCUT2D eigenvalue weighted by Crippen LogP contribution is 2.18. The summed E-state index contributed by atoms with van der Waals surface area (Å²) in [5.41, 5.74) is 0. The molecule has 0 radical (unpaired) electrons. The average Bonchev–Trinajstić information content (AvgIpc) is 3.10.